The van der Waals surface area contributed by atoms with Crippen molar-refractivity contribution < 1.29 is 9.59 Å². The molecule has 0 saturated heterocycles. The van der Waals surface area contributed by atoms with Gasteiger partial charge in [0.05, 0.1) is 15.7 Å². The van der Waals surface area contributed by atoms with Crippen LogP contribution in [0.5, 0.6) is 0 Å². The molecular formula is C13H9Cl3N2O2. The number of rotatable bonds is 4. The highest BCUT2D eigenvalue weighted by Crippen LogP contribution is 2.32. The normalized spacial score (nSPS) is 15.1. The van der Waals surface area contributed by atoms with Crippen molar-refractivity contribution in [3.05, 3.63) is 51.6 Å². The molecule has 0 bridgehead atoms. The lowest BCUT2D eigenvalue weighted by atomic mass is 10.3. The number of nitrogens with zero attached hydrogens (tertiary/aromatic N) is 1. The summed E-state index contributed by atoms with van der Waals surface area (Å²) in [5, 5.41) is 3.16. The van der Waals surface area contributed by atoms with Gasteiger partial charge in [-0.1, -0.05) is 40.9 Å². The third-order valence-corrected chi connectivity index (χ3v) is 3.70. The summed E-state index contributed by atoms with van der Waals surface area (Å²) in [5.74, 6) is -1.15. The fourth-order valence-electron chi connectivity index (χ4n) is 1.69. The van der Waals surface area contributed by atoms with Crippen LogP contribution in [0.25, 0.3) is 0 Å². The average molecular weight is 332 g/mol. The van der Waals surface area contributed by atoms with E-state index in [-0.39, 0.29) is 15.8 Å². The van der Waals surface area contributed by atoms with Gasteiger partial charge in [0.25, 0.3) is 11.8 Å². The van der Waals surface area contributed by atoms with E-state index in [2.05, 4.69) is 11.9 Å². The molecule has 20 heavy (non-hydrogen) atoms. The minimum absolute atomic E-state index is 0.0441. The van der Waals surface area contributed by atoms with Crippen LogP contribution in [0.3, 0.4) is 0 Å². The van der Waals surface area contributed by atoms with E-state index in [1.807, 2.05) is 0 Å². The van der Waals surface area contributed by atoms with Crippen LogP contribution in [0.4, 0.5) is 5.69 Å². The number of imide groups is 1. The van der Waals surface area contributed by atoms with E-state index in [0.29, 0.717) is 17.3 Å². The summed E-state index contributed by atoms with van der Waals surface area (Å²) in [5.41, 5.74) is 0.352. The van der Waals surface area contributed by atoms with E-state index in [1.165, 1.54) is 18.2 Å². The maximum absolute atomic E-state index is 12.2. The van der Waals surface area contributed by atoms with Crippen molar-refractivity contribution in [1.82, 2.24) is 5.32 Å². The van der Waals surface area contributed by atoms with Crippen molar-refractivity contribution in [1.29, 1.82) is 0 Å². The lowest BCUT2D eigenvalue weighted by Gasteiger charge is -2.15. The summed E-state index contributed by atoms with van der Waals surface area (Å²) in [4.78, 5) is 25.2. The molecule has 7 heteroatoms. The smallest absolute Gasteiger partial charge is 0.283 e. The zero-order chi connectivity index (χ0) is 14.9. The van der Waals surface area contributed by atoms with Crippen LogP contribution in [0.1, 0.15) is 0 Å². The van der Waals surface area contributed by atoms with Crippen LogP contribution in [0, 0.1) is 0 Å². The Morgan fingerprint density at radius 3 is 2.45 bits per heavy atom. The molecule has 1 aromatic rings. The Balaban J connectivity index is 2.36. The summed E-state index contributed by atoms with van der Waals surface area (Å²) < 4.78 is 0. The number of anilines is 1. The third-order valence-electron chi connectivity index (χ3n) is 2.61. The maximum Gasteiger partial charge on any atom is 0.283 e. The van der Waals surface area contributed by atoms with Crippen molar-refractivity contribution in [2.45, 2.75) is 0 Å². The predicted molar refractivity (Wildman–Crippen MR) is 80.0 cm³/mol. The lowest BCUT2D eigenvalue weighted by molar-refractivity contribution is -0.120. The summed E-state index contributed by atoms with van der Waals surface area (Å²) in [6.07, 6.45) is 1.55. The Kier molecular flexibility index (Phi) is 4.38. The first-order valence-electron chi connectivity index (χ1n) is 5.55. The highest BCUT2D eigenvalue weighted by Gasteiger charge is 2.38. The summed E-state index contributed by atoms with van der Waals surface area (Å²) in [6.45, 7) is 3.84. The summed E-state index contributed by atoms with van der Waals surface area (Å²) in [7, 11) is 0. The van der Waals surface area contributed by atoms with Gasteiger partial charge in [0.15, 0.2) is 0 Å². The van der Waals surface area contributed by atoms with Crippen molar-refractivity contribution >= 4 is 52.3 Å². The Morgan fingerprint density at radius 2 is 1.85 bits per heavy atom. The summed E-state index contributed by atoms with van der Waals surface area (Å²) >= 11 is 17.6. The molecule has 1 N–H and O–H groups in total. The molecule has 1 heterocycles. The number of carbonyl (C=O) groups excluding carboxylic acids is 2. The number of hydrogen-bond donors (Lipinski definition) is 1. The zero-order valence-corrected chi connectivity index (χ0v) is 12.4. The van der Waals surface area contributed by atoms with Crippen LogP contribution in [0.15, 0.2) is 41.6 Å². The van der Waals surface area contributed by atoms with Gasteiger partial charge in [0.2, 0.25) is 0 Å². The molecule has 2 rings (SSSR count). The van der Waals surface area contributed by atoms with E-state index in [1.54, 1.807) is 6.08 Å². The molecule has 0 fully saturated rings. The fourth-order valence-corrected chi connectivity index (χ4v) is 2.21. The standard InChI is InChI=1S/C13H9Cl3N2O2/c1-2-5-17-11-10(16)12(19)18(13(11)20)7-3-4-8(14)9(15)6-7/h2-4,6,17H,1,5H2. The van der Waals surface area contributed by atoms with Crippen LogP contribution in [0.2, 0.25) is 10.0 Å². The van der Waals surface area contributed by atoms with E-state index in [9.17, 15) is 9.59 Å². The Bertz CT molecular complexity index is 641. The molecule has 0 atom stereocenters. The quantitative estimate of drug-likeness (QED) is 0.681. The number of amides is 2. The van der Waals surface area contributed by atoms with Crippen LogP contribution in [-0.2, 0) is 9.59 Å². The highest BCUT2D eigenvalue weighted by molar-refractivity contribution is 6.52. The molecule has 0 radical (unpaired) electrons. The van der Waals surface area contributed by atoms with Crippen molar-refractivity contribution in [3.63, 3.8) is 0 Å². The van der Waals surface area contributed by atoms with Gasteiger partial charge in [-0.25, -0.2) is 4.90 Å². The average Bonchev–Trinajstić information content (AvgIpc) is 2.62. The Labute approximate surface area is 130 Å². The molecule has 104 valence electrons. The first-order chi connectivity index (χ1) is 9.47. The third kappa shape index (κ3) is 2.54. The fraction of sp³-hybridized carbons (Fsp3) is 0.0769. The van der Waals surface area contributed by atoms with Gasteiger partial charge in [-0.15, -0.1) is 6.58 Å². The lowest BCUT2D eigenvalue weighted by Crippen LogP contribution is -2.33. The van der Waals surface area contributed by atoms with Gasteiger partial charge >= 0.3 is 0 Å². The van der Waals surface area contributed by atoms with Gasteiger partial charge < -0.3 is 5.32 Å². The van der Waals surface area contributed by atoms with Gasteiger partial charge in [0, 0.05) is 6.54 Å². The maximum atomic E-state index is 12.2. The SMILES string of the molecule is C=CCNC1=C(Cl)C(=O)N(c2ccc(Cl)c(Cl)c2)C1=O. The minimum Gasteiger partial charge on any atom is -0.376 e. The van der Waals surface area contributed by atoms with E-state index >= 15 is 0 Å². The Morgan fingerprint density at radius 1 is 1.15 bits per heavy atom. The predicted octanol–water partition coefficient (Wildman–Crippen LogP) is 3.09. The van der Waals surface area contributed by atoms with Gasteiger partial charge in [-0.3, -0.25) is 9.59 Å². The van der Waals surface area contributed by atoms with Gasteiger partial charge in [-0.2, -0.15) is 0 Å². The molecule has 1 aliphatic heterocycles. The van der Waals surface area contributed by atoms with E-state index in [4.69, 9.17) is 34.8 Å². The topological polar surface area (TPSA) is 49.4 Å². The molecule has 1 aliphatic rings. The molecule has 2 amide bonds. The number of halogens is 3. The van der Waals surface area contributed by atoms with Crippen molar-refractivity contribution in [2.75, 3.05) is 11.4 Å². The van der Waals surface area contributed by atoms with E-state index in [0.717, 1.165) is 4.90 Å². The van der Waals surface area contributed by atoms with Crippen LogP contribution >= 0.6 is 34.8 Å². The molecule has 0 aliphatic carbocycles. The van der Waals surface area contributed by atoms with Crippen LogP contribution < -0.4 is 10.2 Å². The first-order valence-corrected chi connectivity index (χ1v) is 6.69. The van der Waals surface area contributed by atoms with Gasteiger partial charge in [0.1, 0.15) is 10.7 Å². The molecule has 1 aromatic carbocycles. The monoisotopic (exact) mass is 330 g/mol. The highest BCUT2D eigenvalue weighted by atomic mass is 35.5. The van der Waals surface area contributed by atoms with Crippen molar-refractivity contribution in [2.24, 2.45) is 0 Å². The minimum atomic E-state index is -0.610. The molecule has 0 aromatic heterocycles. The second-order valence-electron chi connectivity index (χ2n) is 3.90. The Hall–Kier alpha value is -1.49. The zero-order valence-electron chi connectivity index (χ0n) is 10.1. The first kappa shape index (κ1) is 14.9. The second-order valence-corrected chi connectivity index (χ2v) is 5.10. The van der Waals surface area contributed by atoms with E-state index < -0.39 is 11.8 Å². The molecular weight excluding hydrogens is 323 g/mol. The number of hydrogen-bond acceptors (Lipinski definition) is 3. The molecule has 0 saturated carbocycles. The largest absolute Gasteiger partial charge is 0.376 e. The number of benzene rings is 1. The molecule has 0 unspecified atom stereocenters. The van der Waals surface area contributed by atoms with Crippen LogP contribution in [-0.4, -0.2) is 18.4 Å². The second kappa shape index (κ2) is 5.87. The van der Waals surface area contributed by atoms with Crippen molar-refractivity contribution in [3.8, 4) is 0 Å². The molecule has 0 spiro atoms. The number of carbonyl (C=O) groups is 2. The molecule has 4 nitrogen and oxygen atoms in total. The summed E-state index contributed by atoms with van der Waals surface area (Å²) in [6, 6.07) is 4.45. The van der Waals surface area contributed by atoms with Gasteiger partial charge in [-0.05, 0) is 18.2 Å². The number of nitrogens with one attached hydrogen (secondary N) is 1.